The Bertz CT molecular complexity index is 1150. The summed E-state index contributed by atoms with van der Waals surface area (Å²) >= 11 is 3.05. The molecule has 5 rings (SSSR count). The highest BCUT2D eigenvalue weighted by atomic mass is 32.1. The molecule has 1 atom stereocenters. The second-order valence-corrected chi connectivity index (χ2v) is 10.1. The van der Waals surface area contributed by atoms with Crippen LogP contribution in [0.4, 0.5) is 0 Å². The van der Waals surface area contributed by atoms with Crippen molar-refractivity contribution in [1.82, 2.24) is 4.98 Å². The number of thiophene rings is 1. The number of hydrogen-bond donors (Lipinski definition) is 2. The second-order valence-electron chi connectivity index (χ2n) is 8.04. The van der Waals surface area contributed by atoms with Crippen LogP contribution in [0, 0.1) is 5.92 Å². The van der Waals surface area contributed by atoms with Gasteiger partial charge in [0.2, 0.25) is 0 Å². The topological polar surface area (TPSA) is 82.0 Å². The Labute approximate surface area is 184 Å². The van der Waals surface area contributed by atoms with Gasteiger partial charge in [-0.05, 0) is 54.9 Å². The van der Waals surface area contributed by atoms with E-state index in [9.17, 15) is 4.79 Å². The molecule has 1 unspecified atom stereocenters. The molecule has 0 saturated heterocycles. The molecular weight excluding hydrogens is 410 g/mol. The maximum Gasteiger partial charge on any atom is 0.258 e. The van der Waals surface area contributed by atoms with Gasteiger partial charge >= 0.3 is 0 Å². The van der Waals surface area contributed by atoms with Crippen molar-refractivity contribution in [2.75, 3.05) is 0 Å². The van der Waals surface area contributed by atoms with Crippen molar-refractivity contribution in [3.63, 3.8) is 0 Å². The molecule has 152 valence electrons. The van der Waals surface area contributed by atoms with E-state index in [-0.39, 0.29) is 5.54 Å². The van der Waals surface area contributed by atoms with E-state index in [1.807, 2.05) is 24.3 Å². The van der Waals surface area contributed by atoms with E-state index in [4.69, 9.17) is 16.5 Å². The number of carbonyl (C=O) groups is 1. The van der Waals surface area contributed by atoms with Crippen LogP contribution in [0.25, 0.3) is 25.9 Å². The molecule has 4 N–H and O–H groups in total. The number of nitrogens with two attached hydrogens (primary N) is 2. The minimum absolute atomic E-state index is 0.0316. The van der Waals surface area contributed by atoms with Crippen LogP contribution >= 0.6 is 22.7 Å². The highest BCUT2D eigenvalue weighted by molar-refractivity contribution is 7.24. The SMILES string of the molecule is NC(=O)c1ccc(-c2nc(C3=CCC(C4(N)CCC4)C=C3)c(-c3ccccc3)s2)s1. The number of benzene rings is 1. The van der Waals surface area contributed by atoms with Gasteiger partial charge in [0.1, 0.15) is 5.01 Å². The Balaban J connectivity index is 1.53. The Morgan fingerprint density at radius 2 is 1.90 bits per heavy atom. The molecule has 0 bridgehead atoms. The highest BCUT2D eigenvalue weighted by Crippen LogP contribution is 2.44. The summed E-state index contributed by atoms with van der Waals surface area (Å²) in [6.07, 6.45) is 11.2. The van der Waals surface area contributed by atoms with Crippen molar-refractivity contribution >= 4 is 34.2 Å². The van der Waals surface area contributed by atoms with Crippen LogP contribution in [0.15, 0.2) is 60.7 Å². The Morgan fingerprint density at radius 1 is 1.10 bits per heavy atom. The summed E-state index contributed by atoms with van der Waals surface area (Å²) in [6.45, 7) is 0. The van der Waals surface area contributed by atoms with Gasteiger partial charge in [-0.1, -0.05) is 48.6 Å². The molecule has 1 saturated carbocycles. The van der Waals surface area contributed by atoms with E-state index < -0.39 is 5.91 Å². The van der Waals surface area contributed by atoms with Crippen molar-refractivity contribution in [1.29, 1.82) is 0 Å². The van der Waals surface area contributed by atoms with E-state index in [0.717, 1.165) is 50.9 Å². The molecule has 2 aliphatic rings. The molecule has 1 aromatic carbocycles. The van der Waals surface area contributed by atoms with E-state index in [1.165, 1.54) is 17.8 Å². The number of carbonyl (C=O) groups excluding carboxylic acids is 1. The van der Waals surface area contributed by atoms with Gasteiger partial charge in [-0.2, -0.15) is 0 Å². The largest absolute Gasteiger partial charge is 0.365 e. The lowest BCUT2D eigenvalue weighted by Crippen LogP contribution is -2.52. The second kappa shape index (κ2) is 7.61. The van der Waals surface area contributed by atoms with Gasteiger partial charge < -0.3 is 11.5 Å². The maximum absolute atomic E-state index is 11.5. The summed E-state index contributed by atoms with van der Waals surface area (Å²) < 4.78 is 0. The molecular formula is C24H23N3OS2. The standard InChI is InChI=1S/C24H23N3OS2/c25-22(28)18-11-12-19(29-18)23-27-20(21(30-23)16-5-2-1-3-6-16)15-7-9-17(10-8-15)24(26)13-4-14-24/h1-3,5-9,11-12,17H,4,10,13-14,26H2,(H2,25,28). The van der Waals surface area contributed by atoms with Gasteiger partial charge in [-0.25, -0.2) is 4.98 Å². The summed E-state index contributed by atoms with van der Waals surface area (Å²) in [7, 11) is 0. The molecule has 2 aliphatic carbocycles. The smallest absolute Gasteiger partial charge is 0.258 e. The van der Waals surface area contributed by atoms with Gasteiger partial charge in [0.05, 0.1) is 20.3 Å². The number of aromatic nitrogens is 1. The first-order valence-corrected chi connectivity index (χ1v) is 11.8. The minimum atomic E-state index is -0.401. The van der Waals surface area contributed by atoms with Crippen LogP contribution < -0.4 is 11.5 Å². The van der Waals surface area contributed by atoms with Crippen LogP contribution in [0.5, 0.6) is 0 Å². The third kappa shape index (κ3) is 3.45. The fraction of sp³-hybridized carbons (Fsp3) is 0.250. The number of nitrogens with zero attached hydrogens (tertiary/aromatic N) is 1. The zero-order chi connectivity index (χ0) is 20.7. The summed E-state index contributed by atoms with van der Waals surface area (Å²) in [5.74, 6) is 0.00527. The lowest BCUT2D eigenvalue weighted by molar-refractivity contribution is 0.100. The van der Waals surface area contributed by atoms with Gasteiger partial charge in [-0.3, -0.25) is 4.79 Å². The highest BCUT2D eigenvalue weighted by Gasteiger charge is 2.39. The van der Waals surface area contributed by atoms with E-state index in [0.29, 0.717) is 10.8 Å². The van der Waals surface area contributed by atoms with Crippen molar-refractivity contribution < 1.29 is 4.79 Å². The first kappa shape index (κ1) is 19.4. The summed E-state index contributed by atoms with van der Waals surface area (Å²) in [5.41, 5.74) is 15.2. The van der Waals surface area contributed by atoms with Crippen LogP contribution in [0.1, 0.15) is 41.0 Å². The maximum atomic E-state index is 11.5. The molecule has 30 heavy (non-hydrogen) atoms. The number of hydrogen-bond acceptors (Lipinski definition) is 5. The van der Waals surface area contributed by atoms with Gasteiger partial charge in [0.25, 0.3) is 5.91 Å². The lowest BCUT2D eigenvalue weighted by Gasteiger charge is -2.44. The quantitative estimate of drug-likeness (QED) is 0.559. The zero-order valence-corrected chi connectivity index (χ0v) is 18.1. The molecule has 2 aromatic heterocycles. The predicted octanol–water partition coefficient (Wildman–Crippen LogP) is 5.48. The van der Waals surface area contributed by atoms with Crippen LogP contribution in [0.3, 0.4) is 0 Å². The number of amides is 1. The Morgan fingerprint density at radius 3 is 2.50 bits per heavy atom. The summed E-state index contributed by atoms with van der Waals surface area (Å²) in [5, 5.41) is 0.909. The number of allylic oxidation sites excluding steroid dienone is 3. The fourth-order valence-electron chi connectivity index (χ4n) is 4.17. The molecule has 2 heterocycles. The molecule has 4 nitrogen and oxygen atoms in total. The lowest BCUT2D eigenvalue weighted by atomic mass is 9.66. The van der Waals surface area contributed by atoms with Crippen LogP contribution in [0.2, 0.25) is 0 Å². The number of primary amides is 1. The van der Waals surface area contributed by atoms with E-state index in [1.54, 1.807) is 17.4 Å². The monoisotopic (exact) mass is 433 g/mol. The molecule has 1 fully saturated rings. The first-order chi connectivity index (χ1) is 14.5. The first-order valence-electron chi connectivity index (χ1n) is 10.2. The average Bonchev–Trinajstić information content (AvgIpc) is 3.40. The van der Waals surface area contributed by atoms with Gasteiger partial charge in [0, 0.05) is 5.54 Å². The van der Waals surface area contributed by atoms with E-state index in [2.05, 4.69) is 30.4 Å². The van der Waals surface area contributed by atoms with Crippen molar-refractivity contribution in [3.8, 4) is 20.3 Å². The van der Waals surface area contributed by atoms with Crippen molar-refractivity contribution in [2.45, 2.75) is 31.2 Å². The van der Waals surface area contributed by atoms with Crippen molar-refractivity contribution in [3.05, 3.63) is 71.3 Å². The van der Waals surface area contributed by atoms with Crippen LogP contribution in [-0.2, 0) is 0 Å². The third-order valence-electron chi connectivity index (χ3n) is 6.12. The van der Waals surface area contributed by atoms with Gasteiger partial charge in [0.15, 0.2) is 0 Å². The summed E-state index contributed by atoms with van der Waals surface area (Å²) in [6, 6.07) is 14.0. The number of thiazole rings is 1. The third-order valence-corrected chi connectivity index (χ3v) is 8.49. The van der Waals surface area contributed by atoms with Crippen molar-refractivity contribution in [2.24, 2.45) is 17.4 Å². The Kier molecular flexibility index (Phi) is 4.93. The average molecular weight is 434 g/mol. The molecule has 3 aromatic rings. The predicted molar refractivity (Wildman–Crippen MR) is 125 cm³/mol. The molecule has 0 spiro atoms. The minimum Gasteiger partial charge on any atom is -0.365 e. The molecule has 0 radical (unpaired) electrons. The Hall–Kier alpha value is -2.54. The fourth-order valence-corrected chi connectivity index (χ4v) is 6.18. The molecule has 0 aliphatic heterocycles. The zero-order valence-electron chi connectivity index (χ0n) is 16.5. The van der Waals surface area contributed by atoms with Gasteiger partial charge in [-0.15, -0.1) is 22.7 Å². The van der Waals surface area contributed by atoms with E-state index >= 15 is 0 Å². The molecule has 6 heteroatoms. The normalized spacial score (nSPS) is 19.9. The number of rotatable bonds is 5. The summed E-state index contributed by atoms with van der Waals surface area (Å²) in [4.78, 5) is 19.2. The van der Waals surface area contributed by atoms with Crippen LogP contribution in [-0.4, -0.2) is 16.4 Å². The molecule has 1 amide bonds.